The molecular weight excluding hydrogens is 394 g/mol. The van der Waals surface area contributed by atoms with Crippen LogP contribution in [0.1, 0.15) is 13.3 Å². The van der Waals surface area contributed by atoms with Crippen molar-refractivity contribution in [3.05, 3.63) is 28.7 Å². The van der Waals surface area contributed by atoms with E-state index in [0.717, 1.165) is 0 Å². The molecule has 1 aromatic rings. The van der Waals surface area contributed by atoms with Gasteiger partial charge < -0.3 is 10.2 Å². The predicted octanol–water partition coefficient (Wildman–Crippen LogP) is 1.75. The standard InChI is InChI=1S/C13H14BrNO7S/c1-13(11(16)17)6-9(7-15(13)12(18)19)22-23(20,21)10-4-2-8(14)3-5-10/h2-5,9H,6-7H2,1H3,(H,16,17)(H,18,19). The van der Waals surface area contributed by atoms with E-state index in [1.807, 2.05) is 0 Å². The number of carboxylic acids is 1. The van der Waals surface area contributed by atoms with Crippen LogP contribution in [-0.2, 0) is 19.1 Å². The van der Waals surface area contributed by atoms with Gasteiger partial charge in [0, 0.05) is 10.9 Å². The summed E-state index contributed by atoms with van der Waals surface area (Å²) < 4.78 is 30.1. The van der Waals surface area contributed by atoms with Crippen molar-refractivity contribution in [2.24, 2.45) is 0 Å². The molecule has 0 radical (unpaired) electrons. The van der Waals surface area contributed by atoms with E-state index in [-0.39, 0.29) is 17.9 Å². The number of likely N-dealkylation sites (tertiary alicyclic amines) is 1. The average molecular weight is 408 g/mol. The number of hydrogen-bond acceptors (Lipinski definition) is 5. The lowest BCUT2D eigenvalue weighted by molar-refractivity contribution is -0.147. The number of aliphatic carboxylic acids is 1. The fourth-order valence-electron chi connectivity index (χ4n) is 2.42. The quantitative estimate of drug-likeness (QED) is 0.728. The first kappa shape index (κ1) is 17.7. The highest BCUT2D eigenvalue weighted by Gasteiger charge is 2.52. The van der Waals surface area contributed by atoms with Crippen LogP contribution >= 0.6 is 15.9 Å². The van der Waals surface area contributed by atoms with Gasteiger partial charge in [0.1, 0.15) is 5.54 Å². The van der Waals surface area contributed by atoms with Gasteiger partial charge in [-0.25, -0.2) is 9.59 Å². The molecule has 1 aliphatic heterocycles. The van der Waals surface area contributed by atoms with Gasteiger partial charge in [-0.05, 0) is 31.2 Å². The maximum Gasteiger partial charge on any atom is 0.408 e. The largest absolute Gasteiger partial charge is 0.480 e. The van der Waals surface area contributed by atoms with Gasteiger partial charge in [-0.3, -0.25) is 9.08 Å². The molecule has 8 nitrogen and oxygen atoms in total. The lowest BCUT2D eigenvalue weighted by Gasteiger charge is -2.27. The minimum absolute atomic E-state index is 0.0912. The number of carbonyl (C=O) groups is 2. The van der Waals surface area contributed by atoms with E-state index in [4.69, 9.17) is 9.29 Å². The van der Waals surface area contributed by atoms with Gasteiger partial charge in [0.25, 0.3) is 10.1 Å². The SMILES string of the molecule is CC1(C(=O)O)CC(OS(=O)(=O)c2ccc(Br)cc2)CN1C(=O)O. The molecule has 0 spiro atoms. The molecule has 0 saturated carbocycles. The minimum Gasteiger partial charge on any atom is -0.480 e. The third kappa shape index (κ3) is 3.48. The van der Waals surface area contributed by atoms with Gasteiger partial charge in [0.05, 0.1) is 17.5 Å². The lowest BCUT2D eigenvalue weighted by Crippen LogP contribution is -2.50. The molecule has 0 aromatic heterocycles. The number of amides is 1. The van der Waals surface area contributed by atoms with Crippen LogP contribution in [0.25, 0.3) is 0 Å². The number of rotatable bonds is 4. The van der Waals surface area contributed by atoms with Gasteiger partial charge in [-0.15, -0.1) is 0 Å². The predicted molar refractivity (Wildman–Crippen MR) is 81.6 cm³/mol. The van der Waals surface area contributed by atoms with E-state index in [2.05, 4.69) is 15.9 Å². The molecule has 2 atom stereocenters. The van der Waals surface area contributed by atoms with Crippen LogP contribution in [0.2, 0.25) is 0 Å². The molecule has 1 heterocycles. The molecule has 1 aliphatic rings. The van der Waals surface area contributed by atoms with Crippen molar-refractivity contribution in [2.45, 2.75) is 29.9 Å². The second-order valence-electron chi connectivity index (χ2n) is 5.30. The van der Waals surface area contributed by atoms with Gasteiger partial charge in [-0.1, -0.05) is 15.9 Å². The highest BCUT2D eigenvalue weighted by atomic mass is 79.9. The second kappa shape index (κ2) is 6.10. The first-order valence-electron chi connectivity index (χ1n) is 6.49. The van der Waals surface area contributed by atoms with Crippen molar-refractivity contribution in [1.82, 2.24) is 4.90 Å². The summed E-state index contributed by atoms with van der Waals surface area (Å²) in [6.45, 7) is 0.882. The first-order valence-corrected chi connectivity index (χ1v) is 8.69. The van der Waals surface area contributed by atoms with E-state index in [0.29, 0.717) is 9.37 Å². The Labute approximate surface area is 140 Å². The number of carboxylic acid groups (broad SMARTS) is 2. The zero-order valence-corrected chi connectivity index (χ0v) is 14.4. The Morgan fingerprint density at radius 3 is 2.30 bits per heavy atom. The third-order valence-corrected chi connectivity index (χ3v) is 5.57. The molecule has 1 amide bonds. The minimum atomic E-state index is -4.12. The van der Waals surface area contributed by atoms with Crippen LogP contribution in [0.5, 0.6) is 0 Å². The fraction of sp³-hybridized carbons (Fsp3) is 0.385. The van der Waals surface area contributed by atoms with Crippen molar-refractivity contribution in [3.8, 4) is 0 Å². The fourth-order valence-corrected chi connectivity index (χ4v) is 3.75. The molecule has 2 rings (SSSR count). The molecule has 1 fully saturated rings. The van der Waals surface area contributed by atoms with Crippen molar-refractivity contribution >= 4 is 38.1 Å². The Balaban J connectivity index is 2.22. The first-order chi connectivity index (χ1) is 10.6. The Hall–Kier alpha value is -1.65. The highest BCUT2D eigenvalue weighted by Crippen LogP contribution is 2.33. The van der Waals surface area contributed by atoms with Crippen LogP contribution in [0.4, 0.5) is 4.79 Å². The van der Waals surface area contributed by atoms with Gasteiger partial charge >= 0.3 is 12.1 Å². The number of benzene rings is 1. The summed E-state index contributed by atoms with van der Waals surface area (Å²) in [5.41, 5.74) is -1.73. The molecule has 0 aliphatic carbocycles. The van der Waals surface area contributed by atoms with E-state index in [9.17, 15) is 23.1 Å². The van der Waals surface area contributed by atoms with Crippen LogP contribution in [0, 0.1) is 0 Å². The lowest BCUT2D eigenvalue weighted by atomic mass is 9.99. The van der Waals surface area contributed by atoms with Crippen molar-refractivity contribution in [1.29, 1.82) is 0 Å². The summed E-state index contributed by atoms with van der Waals surface area (Å²) >= 11 is 3.18. The summed E-state index contributed by atoms with van der Waals surface area (Å²) in [6.07, 6.45) is -2.77. The van der Waals surface area contributed by atoms with Crippen molar-refractivity contribution in [2.75, 3.05) is 6.54 Å². The van der Waals surface area contributed by atoms with Crippen LogP contribution in [-0.4, -0.2) is 53.8 Å². The van der Waals surface area contributed by atoms with E-state index in [1.54, 1.807) is 0 Å². The smallest absolute Gasteiger partial charge is 0.408 e. The molecular formula is C13H14BrNO7S. The van der Waals surface area contributed by atoms with Gasteiger partial charge in [0.2, 0.25) is 0 Å². The molecule has 1 saturated heterocycles. The monoisotopic (exact) mass is 407 g/mol. The summed E-state index contributed by atoms with van der Waals surface area (Å²) in [5, 5.41) is 18.4. The molecule has 2 N–H and O–H groups in total. The third-order valence-electron chi connectivity index (χ3n) is 3.66. The molecule has 0 bridgehead atoms. The van der Waals surface area contributed by atoms with Crippen LogP contribution < -0.4 is 0 Å². The molecule has 126 valence electrons. The Morgan fingerprint density at radius 2 is 1.87 bits per heavy atom. The number of nitrogens with zero attached hydrogens (tertiary/aromatic N) is 1. The molecule has 10 heteroatoms. The summed E-state index contributed by atoms with van der Waals surface area (Å²) in [5.74, 6) is -1.35. The Bertz CT molecular complexity index is 733. The number of hydrogen-bond donors (Lipinski definition) is 2. The molecule has 2 unspecified atom stereocenters. The van der Waals surface area contributed by atoms with Gasteiger partial charge in [-0.2, -0.15) is 8.42 Å². The average Bonchev–Trinajstić information content (AvgIpc) is 2.77. The maximum absolute atomic E-state index is 12.2. The number of halogens is 1. The zero-order valence-electron chi connectivity index (χ0n) is 12.0. The topological polar surface area (TPSA) is 121 Å². The maximum atomic E-state index is 12.2. The van der Waals surface area contributed by atoms with Crippen molar-refractivity contribution < 1.29 is 32.4 Å². The summed E-state index contributed by atoms with van der Waals surface area (Å²) in [6, 6.07) is 5.71. The zero-order chi connectivity index (χ0) is 17.4. The highest BCUT2D eigenvalue weighted by molar-refractivity contribution is 9.10. The molecule has 1 aromatic carbocycles. The van der Waals surface area contributed by atoms with E-state index < -0.39 is 33.8 Å². The van der Waals surface area contributed by atoms with Crippen molar-refractivity contribution in [3.63, 3.8) is 0 Å². The second-order valence-corrected chi connectivity index (χ2v) is 7.79. The van der Waals surface area contributed by atoms with E-state index in [1.165, 1.54) is 31.2 Å². The Kier molecular flexibility index (Phi) is 4.69. The van der Waals surface area contributed by atoms with Crippen LogP contribution in [0.15, 0.2) is 33.6 Å². The Morgan fingerprint density at radius 1 is 1.30 bits per heavy atom. The van der Waals surface area contributed by atoms with Gasteiger partial charge in [0.15, 0.2) is 0 Å². The van der Waals surface area contributed by atoms with E-state index >= 15 is 0 Å². The summed E-state index contributed by atoms with van der Waals surface area (Å²) in [4.78, 5) is 23.1. The molecule has 23 heavy (non-hydrogen) atoms. The normalized spacial score (nSPS) is 24.6. The van der Waals surface area contributed by atoms with Crippen LogP contribution in [0.3, 0.4) is 0 Å². The summed E-state index contributed by atoms with van der Waals surface area (Å²) in [7, 11) is -4.12.